The lowest BCUT2D eigenvalue weighted by molar-refractivity contribution is -0.143. The van der Waals surface area contributed by atoms with Gasteiger partial charge in [0.25, 0.3) is 5.91 Å². The maximum absolute atomic E-state index is 13.6. The normalized spacial score (nSPS) is 11.0. The molecule has 3 rings (SSSR count). The number of halogens is 3. The molecule has 0 saturated heterocycles. The van der Waals surface area contributed by atoms with Crippen LogP contribution in [0.5, 0.6) is 11.5 Å². The second-order valence-corrected chi connectivity index (χ2v) is 6.36. The van der Waals surface area contributed by atoms with Crippen LogP contribution in [0, 0.1) is 0 Å². The maximum Gasteiger partial charge on any atom is 0.418 e. The maximum atomic E-state index is 13.6. The number of methoxy groups -OCH3 is 2. The van der Waals surface area contributed by atoms with E-state index in [0.717, 1.165) is 12.1 Å². The number of carbonyl (C=O) groups excluding carboxylic acids is 2. The molecule has 0 spiro atoms. The molecule has 0 unspecified atom stereocenters. The summed E-state index contributed by atoms with van der Waals surface area (Å²) in [6.45, 7) is -0.439. The molecule has 0 aliphatic carbocycles. The molecule has 8 nitrogen and oxygen atoms in total. The van der Waals surface area contributed by atoms with E-state index in [1.807, 2.05) is 0 Å². The van der Waals surface area contributed by atoms with E-state index in [1.165, 1.54) is 55.6 Å². The van der Waals surface area contributed by atoms with E-state index in [2.05, 4.69) is 15.2 Å². The molecule has 0 fully saturated rings. The number of amides is 1. The van der Waals surface area contributed by atoms with E-state index in [1.54, 1.807) is 6.07 Å². The smallest absolute Gasteiger partial charge is 0.418 e. The third-order valence-electron chi connectivity index (χ3n) is 4.32. The number of carbonyl (C=O) groups is 2. The van der Waals surface area contributed by atoms with Crippen LogP contribution in [-0.2, 0) is 15.7 Å². The summed E-state index contributed by atoms with van der Waals surface area (Å²) < 4.78 is 57.1. The number of nitrogens with one attached hydrogen (secondary N) is 1. The minimum absolute atomic E-state index is 0.00468. The van der Waals surface area contributed by atoms with Crippen LogP contribution >= 0.6 is 0 Å². The number of anilines is 1. The number of aromatic nitrogens is 2. The Balaban J connectivity index is 1.88. The van der Waals surface area contributed by atoms with E-state index in [0.29, 0.717) is 0 Å². The zero-order valence-corrected chi connectivity index (χ0v) is 17.0. The van der Waals surface area contributed by atoms with Crippen molar-refractivity contribution in [2.24, 2.45) is 0 Å². The van der Waals surface area contributed by atoms with E-state index in [4.69, 9.17) is 9.47 Å². The van der Waals surface area contributed by atoms with Crippen LogP contribution in [0.1, 0.15) is 15.9 Å². The molecule has 32 heavy (non-hydrogen) atoms. The lowest BCUT2D eigenvalue weighted by atomic mass is 10.1. The Morgan fingerprint density at radius 1 is 1.09 bits per heavy atom. The van der Waals surface area contributed by atoms with Gasteiger partial charge < -0.3 is 19.5 Å². The summed E-state index contributed by atoms with van der Waals surface area (Å²) in [4.78, 5) is 24.0. The molecule has 1 aromatic heterocycles. The molecule has 1 amide bonds. The van der Waals surface area contributed by atoms with E-state index in [9.17, 15) is 22.8 Å². The standard InChI is InChI=1S/C21H18F3N3O5/c1-30-17-7-4-13(10-18(17)32-12-19(28)31-2)20(29)26-16-6-5-14(27-9-3-8-25-27)11-15(16)21(22,23)24/h3-11H,12H2,1-2H3,(H,26,29). The molecule has 1 N–H and O–H groups in total. The Bertz CT molecular complexity index is 1110. The molecule has 0 aliphatic rings. The van der Waals surface area contributed by atoms with Crippen LogP contribution in [0.25, 0.3) is 5.69 Å². The van der Waals surface area contributed by atoms with Crippen molar-refractivity contribution in [3.63, 3.8) is 0 Å². The Morgan fingerprint density at radius 2 is 1.88 bits per heavy atom. The molecule has 0 atom stereocenters. The number of benzene rings is 2. The predicted molar refractivity (Wildman–Crippen MR) is 107 cm³/mol. The van der Waals surface area contributed by atoms with Crippen molar-refractivity contribution in [2.75, 3.05) is 26.1 Å². The highest BCUT2D eigenvalue weighted by Crippen LogP contribution is 2.36. The SMILES string of the molecule is COC(=O)COc1cc(C(=O)Nc2ccc(-n3cccn3)cc2C(F)(F)F)ccc1OC. The van der Waals surface area contributed by atoms with Gasteiger partial charge >= 0.3 is 12.1 Å². The zero-order chi connectivity index (χ0) is 23.3. The summed E-state index contributed by atoms with van der Waals surface area (Å²) in [5, 5.41) is 6.18. The fourth-order valence-corrected chi connectivity index (χ4v) is 2.76. The summed E-state index contributed by atoms with van der Waals surface area (Å²) in [6.07, 6.45) is -1.78. The van der Waals surface area contributed by atoms with Crippen molar-refractivity contribution in [3.05, 3.63) is 66.0 Å². The molecule has 168 valence electrons. The molecule has 0 saturated carbocycles. The minimum Gasteiger partial charge on any atom is -0.493 e. The second-order valence-electron chi connectivity index (χ2n) is 6.36. The number of hydrogen-bond acceptors (Lipinski definition) is 6. The van der Waals surface area contributed by atoms with E-state index < -0.39 is 35.9 Å². The van der Waals surface area contributed by atoms with Gasteiger partial charge in [-0.05, 0) is 42.5 Å². The summed E-state index contributed by atoms with van der Waals surface area (Å²) in [6, 6.07) is 9.01. The first-order chi connectivity index (χ1) is 15.2. The van der Waals surface area contributed by atoms with Crippen LogP contribution < -0.4 is 14.8 Å². The van der Waals surface area contributed by atoms with Crippen molar-refractivity contribution in [2.45, 2.75) is 6.18 Å². The zero-order valence-electron chi connectivity index (χ0n) is 17.0. The molecule has 0 bridgehead atoms. The highest BCUT2D eigenvalue weighted by molar-refractivity contribution is 6.05. The van der Waals surface area contributed by atoms with E-state index >= 15 is 0 Å². The molecule has 3 aromatic rings. The Hall–Kier alpha value is -4.02. The topological polar surface area (TPSA) is 91.7 Å². The van der Waals surface area contributed by atoms with Gasteiger partial charge in [-0.1, -0.05) is 0 Å². The third-order valence-corrected chi connectivity index (χ3v) is 4.32. The van der Waals surface area contributed by atoms with Crippen molar-refractivity contribution in [3.8, 4) is 17.2 Å². The highest BCUT2D eigenvalue weighted by Gasteiger charge is 2.34. The van der Waals surface area contributed by atoms with Crippen LogP contribution in [0.2, 0.25) is 0 Å². The van der Waals surface area contributed by atoms with Crippen molar-refractivity contribution in [1.29, 1.82) is 0 Å². The molecule has 11 heteroatoms. The summed E-state index contributed by atoms with van der Waals surface area (Å²) >= 11 is 0. The van der Waals surface area contributed by atoms with Crippen LogP contribution in [-0.4, -0.2) is 42.5 Å². The van der Waals surface area contributed by atoms with Gasteiger partial charge in [0.15, 0.2) is 18.1 Å². The first-order valence-electron chi connectivity index (χ1n) is 9.13. The molecule has 0 radical (unpaired) electrons. The van der Waals surface area contributed by atoms with Gasteiger partial charge in [0.1, 0.15) is 0 Å². The molecule has 2 aromatic carbocycles. The quantitative estimate of drug-likeness (QED) is 0.553. The van der Waals surface area contributed by atoms with Crippen LogP contribution in [0.4, 0.5) is 18.9 Å². The average Bonchev–Trinajstić information content (AvgIpc) is 3.31. The fraction of sp³-hybridized carbons (Fsp3) is 0.190. The third kappa shape index (κ3) is 5.17. The number of alkyl halides is 3. The lowest BCUT2D eigenvalue weighted by Gasteiger charge is -2.16. The van der Waals surface area contributed by atoms with Gasteiger partial charge in [-0.2, -0.15) is 18.3 Å². The van der Waals surface area contributed by atoms with Crippen molar-refractivity contribution in [1.82, 2.24) is 9.78 Å². The molecule has 1 heterocycles. The van der Waals surface area contributed by atoms with Gasteiger partial charge in [-0.25, -0.2) is 9.48 Å². The summed E-state index contributed by atoms with van der Waals surface area (Å²) in [5.41, 5.74) is -1.28. The van der Waals surface area contributed by atoms with Gasteiger partial charge in [0.05, 0.1) is 31.2 Å². The van der Waals surface area contributed by atoms with Gasteiger partial charge in [0, 0.05) is 18.0 Å². The lowest BCUT2D eigenvalue weighted by Crippen LogP contribution is -2.18. The second kappa shape index (κ2) is 9.41. The van der Waals surface area contributed by atoms with Crippen LogP contribution in [0.15, 0.2) is 54.9 Å². The largest absolute Gasteiger partial charge is 0.493 e. The first-order valence-corrected chi connectivity index (χ1v) is 9.13. The van der Waals surface area contributed by atoms with Crippen molar-refractivity contribution < 1.29 is 37.0 Å². The number of ether oxygens (including phenoxy) is 3. The number of rotatable bonds is 7. The Morgan fingerprint density at radius 3 is 2.50 bits per heavy atom. The Kier molecular flexibility index (Phi) is 6.67. The molecular weight excluding hydrogens is 431 g/mol. The summed E-state index contributed by atoms with van der Waals surface area (Å²) in [7, 11) is 2.54. The number of esters is 1. The minimum atomic E-state index is -4.72. The molecule has 0 aliphatic heterocycles. The van der Waals surface area contributed by atoms with Gasteiger partial charge in [0.2, 0.25) is 0 Å². The first kappa shape index (κ1) is 22.7. The average molecular weight is 449 g/mol. The van der Waals surface area contributed by atoms with Crippen LogP contribution in [0.3, 0.4) is 0 Å². The monoisotopic (exact) mass is 449 g/mol. The van der Waals surface area contributed by atoms with Gasteiger partial charge in [-0.15, -0.1) is 0 Å². The number of hydrogen-bond donors (Lipinski definition) is 1. The molecular formula is C21H18F3N3O5. The Labute approximate surface area is 180 Å². The van der Waals surface area contributed by atoms with E-state index in [-0.39, 0.29) is 22.7 Å². The fourth-order valence-electron chi connectivity index (χ4n) is 2.76. The highest BCUT2D eigenvalue weighted by atomic mass is 19.4. The van der Waals surface area contributed by atoms with Gasteiger partial charge in [-0.3, -0.25) is 4.79 Å². The van der Waals surface area contributed by atoms with Crippen molar-refractivity contribution >= 4 is 17.6 Å². The predicted octanol–water partition coefficient (Wildman–Crippen LogP) is 3.70. The summed E-state index contributed by atoms with van der Waals surface area (Å²) in [5.74, 6) is -1.19. The number of nitrogens with zero attached hydrogens (tertiary/aromatic N) is 2.